The maximum absolute atomic E-state index is 12.0. The highest BCUT2D eigenvalue weighted by Crippen LogP contribution is 2.27. The summed E-state index contributed by atoms with van der Waals surface area (Å²) in [6.07, 6.45) is 5.01. The molecule has 0 aromatic carbocycles. The summed E-state index contributed by atoms with van der Waals surface area (Å²) in [7, 11) is 0. The number of nitrogens with one attached hydrogen (secondary N) is 3. The summed E-state index contributed by atoms with van der Waals surface area (Å²) >= 11 is 0. The summed E-state index contributed by atoms with van der Waals surface area (Å²) < 4.78 is 5.88. The molecule has 0 aliphatic carbocycles. The summed E-state index contributed by atoms with van der Waals surface area (Å²) in [5.74, 6) is 0.583. The van der Waals surface area contributed by atoms with Crippen LogP contribution in [0.3, 0.4) is 0 Å². The van der Waals surface area contributed by atoms with Crippen LogP contribution in [0, 0.1) is 23.7 Å². The summed E-state index contributed by atoms with van der Waals surface area (Å²) in [6.45, 7) is 4.56. The van der Waals surface area contributed by atoms with Crippen LogP contribution in [-0.2, 0) is 4.79 Å². The van der Waals surface area contributed by atoms with Crippen LogP contribution in [0.25, 0.3) is 11.3 Å². The molecule has 0 saturated carbocycles. The first-order valence-electron chi connectivity index (χ1n) is 8.93. The van der Waals surface area contributed by atoms with Gasteiger partial charge in [0.15, 0.2) is 0 Å². The number of carbonyl (C=O) groups excluding carboxylic acids is 2. The molecule has 3 heterocycles. The number of aromatic nitrogens is 4. The van der Waals surface area contributed by atoms with Crippen molar-refractivity contribution >= 4 is 17.8 Å². The van der Waals surface area contributed by atoms with Crippen molar-refractivity contribution in [2.75, 3.05) is 5.32 Å². The van der Waals surface area contributed by atoms with Gasteiger partial charge in [0.25, 0.3) is 0 Å². The third-order valence-corrected chi connectivity index (χ3v) is 4.11. The second-order valence-electron chi connectivity index (χ2n) is 6.89. The minimum Gasteiger partial charge on any atom is -0.455 e. The van der Waals surface area contributed by atoms with Crippen molar-refractivity contribution < 1.29 is 14.3 Å². The number of hydrogen-bond acceptors (Lipinski definition) is 7. The van der Waals surface area contributed by atoms with Gasteiger partial charge >= 0.3 is 6.03 Å². The molecule has 3 N–H and O–H groups in total. The summed E-state index contributed by atoms with van der Waals surface area (Å²) in [4.78, 5) is 32.4. The van der Waals surface area contributed by atoms with Gasteiger partial charge in [-0.25, -0.2) is 9.78 Å². The van der Waals surface area contributed by atoms with E-state index in [4.69, 9.17) is 10.00 Å². The maximum Gasteiger partial charge on any atom is 0.327 e. The third kappa shape index (κ3) is 4.77. The molecule has 0 fully saturated rings. The lowest BCUT2D eigenvalue weighted by atomic mass is 9.95. The van der Waals surface area contributed by atoms with Crippen molar-refractivity contribution in [1.82, 2.24) is 25.5 Å². The molecule has 0 aliphatic heterocycles. The molecule has 0 radical (unpaired) electrons. The number of anilines is 1. The van der Waals surface area contributed by atoms with Crippen molar-refractivity contribution in [3.63, 3.8) is 0 Å². The highest BCUT2D eigenvalue weighted by molar-refractivity contribution is 6.03. The zero-order valence-electron chi connectivity index (χ0n) is 16.6. The lowest BCUT2D eigenvalue weighted by molar-refractivity contribution is -0.125. The fourth-order valence-corrected chi connectivity index (χ4v) is 2.33. The van der Waals surface area contributed by atoms with Crippen molar-refractivity contribution in [2.45, 2.75) is 20.8 Å². The van der Waals surface area contributed by atoms with E-state index in [1.54, 1.807) is 49.8 Å². The van der Waals surface area contributed by atoms with E-state index in [0.29, 0.717) is 22.9 Å². The highest BCUT2D eigenvalue weighted by atomic mass is 16.5. The Morgan fingerprint density at radius 1 is 1.27 bits per heavy atom. The van der Waals surface area contributed by atoms with Gasteiger partial charge < -0.3 is 4.74 Å². The summed E-state index contributed by atoms with van der Waals surface area (Å²) in [5.41, 5.74) is 0.734. The topological polar surface area (TPSA) is 146 Å². The average molecular weight is 405 g/mol. The standard InChI is InChI=1S/C20H19N7O3/c1-12-16(30-14-6-7-22-15(8-14)13-9-23-24-10-13)4-5-17(25-12)26-19(29)27-18(28)20(2,3)11-21/h4-10H,1-3H3,(H,23,24)(H2,25,26,27,28,29). The first kappa shape index (κ1) is 20.5. The lowest BCUT2D eigenvalue weighted by Crippen LogP contribution is -2.42. The number of H-pyrrole nitrogens is 1. The van der Waals surface area contributed by atoms with Gasteiger partial charge in [-0.3, -0.25) is 25.5 Å². The Morgan fingerprint density at radius 3 is 2.73 bits per heavy atom. The van der Waals surface area contributed by atoms with Crippen LogP contribution in [0.1, 0.15) is 19.5 Å². The molecule has 10 heteroatoms. The number of nitrogens with zero attached hydrogens (tertiary/aromatic N) is 4. The van der Waals surface area contributed by atoms with E-state index in [2.05, 4.69) is 30.8 Å². The van der Waals surface area contributed by atoms with Gasteiger partial charge in [0, 0.05) is 24.0 Å². The lowest BCUT2D eigenvalue weighted by Gasteiger charge is -2.15. The van der Waals surface area contributed by atoms with E-state index in [9.17, 15) is 9.59 Å². The number of carbonyl (C=O) groups is 2. The molecular weight excluding hydrogens is 386 g/mol. The molecular formula is C20H19N7O3. The van der Waals surface area contributed by atoms with E-state index in [-0.39, 0.29) is 5.82 Å². The molecule has 0 spiro atoms. The smallest absolute Gasteiger partial charge is 0.327 e. The predicted molar refractivity (Wildman–Crippen MR) is 107 cm³/mol. The zero-order valence-corrected chi connectivity index (χ0v) is 16.6. The maximum atomic E-state index is 12.0. The number of urea groups is 1. The Hall–Kier alpha value is -4.26. The molecule has 0 saturated heterocycles. The number of imide groups is 1. The first-order valence-corrected chi connectivity index (χ1v) is 8.93. The van der Waals surface area contributed by atoms with E-state index in [0.717, 1.165) is 5.56 Å². The van der Waals surface area contributed by atoms with Gasteiger partial charge in [0.2, 0.25) is 5.91 Å². The Bertz CT molecular complexity index is 1120. The molecule has 0 atom stereocenters. The van der Waals surface area contributed by atoms with Gasteiger partial charge in [0.05, 0.1) is 23.7 Å². The monoisotopic (exact) mass is 405 g/mol. The zero-order chi connectivity index (χ0) is 21.7. The van der Waals surface area contributed by atoms with Crippen LogP contribution in [0.2, 0.25) is 0 Å². The van der Waals surface area contributed by atoms with Crippen molar-refractivity contribution in [1.29, 1.82) is 5.26 Å². The summed E-state index contributed by atoms with van der Waals surface area (Å²) in [6, 6.07) is 7.73. The van der Waals surface area contributed by atoms with Crippen molar-refractivity contribution in [3.05, 3.63) is 48.5 Å². The number of nitriles is 1. The number of amides is 3. The Kier molecular flexibility index (Phi) is 5.73. The third-order valence-electron chi connectivity index (χ3n) is 4.11. The fraction of sp³-hybridized carbons (Fsp3) is 0.200. The van der Waals surface area contributed by atoms with Gasteiger partial charge in [-0.2, -0.15) is 10.4 Å². The number of hydrogen-bond donors (Lipinski definition) is 3. The first-order chi connectivity index (χ1) is 14.3. The summed E-state index contributed by atoms with van der Waals surface area (Å²) in [5, 5.41) is 20.2. The second kappa shape index (κ2) is 8.40. The molecule has 3 rings (SSSR count). The SMILES string of the molecule is Cc1nc(NC(=O)NC(=O)C(C)(C)C#N)ccc1Oc1ccnc(-c2cn[nH]c2)c1. The van der Waals surface area contributed by atoms with Crippen molar-refractivity contribution in [2.24, 2.45) is 5.41 Å². The normalized spacial score (nSPS) is 10.7. The Balaban J connectivity index is 1.67. The number of ether oxygens (including phenoxy) is 1. The predicted octanol–water partition coefficient (Wildman–Crippen LogP) is 3.17. The van der Waals surface area contributed by atoms with Gasteiger partial charge in [-0.05, 0) is 39.0 Å². The van der Waals surface area contributed by atoms with Crippen LogP contribution in [0.4, 0.5) is 10.6 Å². The molecule has 10 nitrogen and oxygen atoms in total. The fourth-order valence-electron chi connectivity index (χ4n) is 2.33. The van der Waals surface area contributed by atoms with Gasteiger partial charge in [-0.15, -0.1) is 0 Å². The van der Waals surface area contributed by atoms with Gasteiger partial charge in [-0.1, -0.05) is 0 Å². The quantitative estimate of drug-likeness (QED) is 0.591. The van der Waals surface area contributed by atoms with E-state index in [1.807, 2.05) is 6.07 Å². The molecule has 3 aromatic rings. The molecule has 0 aliphatic rings. The number of aryl methyl sites for hydroxylation is 1. The number of aromatic amines is 1. The Morgan fingerprint density at radius 2 is 2.07 bits per heavy atom. The molecule has 3 aromatic heterocycles. The molecule has 3 amide bonds. The molecule has 152 valence electrons. The van der Waals surface area contributed by atoms with Crippen molar-refractivity contribution in [3.8, 4) is 28.8 Å². The highest BCUT2D eigenvalue weighted by Gasteiger charge is 2.28. The average Bonchev–Trinajstić information content (AvgIpc) is 3.25. The largest absolute Gasteiger partial charge is 0.455 e. The van der Waals surface area contributed by atoms with Crippen LogP contribution in [-0.4, -0.2) is 32.1 Å². The number of rotatable bonds is 5. The second-order valence-corrected chi connectivity index (χ2v) is 6.89. The van der Waals surface area contributed by atoms with Crippen LogP contribution in [0.5, 0.6) is 11.5 Å². The minimum absolute atomic E-state index is 0.230. The van der Waals surface area contributed by atoms with E-state index in [1.165, 1.54) is 13.8 Å². The van der Waals surface area contributed by atoms with E-state index < -0.39 is 17.4 Å². The van der Waals surface area contributed by atoms with Crippen LogP contribution < -0.4 is 15.4 Å². The minimum atomic E-state index is -1.32. The van der Waals surface area contributed by atoms with Crippen LogP contribution in [0.15, 0.2) is 42.9 Å². The molecule has 0 unspecified atom stereocenters. The molecule has 30 heavy (non-hydrogen) atoms. The molecule has 0 bridgehead atoms. The number of pyridine rings is 2. The van der Waals surface area contributed by atoms with Crippen LogP contribution >= 0.6 is 0 Å². The van der Waals surface area contributed by atoms with E-state index >= 15 is 0 Å². The van der Waals surface area contributed by atoms with Gasteiger partial charge in [0.1, 0.15) is 22.7 Å². The Labute approximate surface area is 172 Å².